The van der Waals surface area contributed by atoms with Crippen molar-refractivity contribution in [2.45, 2.75) is 45.6 Å². The van der Waals surface area contributed by atoms with Gasteiger partial charge in [0, 0.05) is 29.5 Å². The molecular formula is C18H24ClN3O2. The number of anilines is 1. The number of hydrogen-bond acceptors (Lipinski definition) is 4. The SMILES string of the molecule is CCOC(=O)CCCn1nc(C(C)(C)c2ccc(Cl)cc2)cc1N. The summed E-state index contributed by atoms with van der Waals surface area (Å²) >= 11 is 5.96. The van der Waals surface area contributed by atoms with Crippen molar-refractivity contribution in [1.29, 1.82) is 0 Å². The molecule has 24 heavy (non-hydrogen) atoms. The van der Waals surface area contributed by atoms with E-state index in [0.29, 0.717) is 36.8 Å². The molecule has 0 aliphatic rings. The van der Waals surface area contributed by atoms with E-state index >= 15 is 0 Å². The smallest absolute Gasteiger partial charge is 0.305 e. The van der Waals surface area contributed by atoms with Crippen molar-refractivity contribution in [3.63, 3.8) is 0 Å². The zero-order chi connectivity index (χ0) is 17.7. The molecule has 5 nitrogen and oxygen atoms in total. The largest absolute Gasteiger partial charge is 0.466 e. The standard InChI is InChI=1S/C18H24ClN3O2/c1-4-24-17(23)6-5-11-22-16(20)12-15(21-22)18(2,3)13-7-9-14(19)10-8-13/h7-10,12H,4-6,11,20H2,1-3H3. The van der Waals surface area contributed by atoms with Crippen LogP contribution in [-0.4, -0.2) is 22.4 Å². The Kier molecular flexibility index (Phi) is 5.89. The highest BCUT2D eigenvalue weighted by molar-refractivity contribution is 6.30. The normalized spacial score (nSPS) is 11.5. The summed E-state index contributed by atoms with van der Waals surface area (Å²) in [6.07, 6.45) is 1.01. The van der Waals surface area contributed by atoms with Gasteiger partial charge in [-0.15, -0.1) is 0 Å². The number of hydrogen-bond donors (Lipinski definition) is 1. The van der Waals surface area contributed by atoms with Crippen molar-refractivity contribution in [1.82, 2.24) is 9.78 Å². The lowest BCUT2D eigenvalue weighted by atomic mass is 9.82. The van der Waals surface area contributed by atoms with Gasteiger partial charge in [0.25, 0.3) is 0 Å². The van der Waals surface area contributed by atoms with Crippen LogP contribution in [0.2, 0.25) is 5.02 Å². The number of ether oxygens (including phenoxy) is 1. The molecule has 0 fully saturated rings. The van der Waals surface area contributed by atoms with Gasteiger partial charge in [0.1, 0.15) is 5.82 Å². The highest BCUT2D eigenvalue weighted by Gasteiger charge is 2.27. The van der Waals surface area contributed by atoms with Crippen LogP contribution < -0.4 is 5.73 Å². The Labute approximate surface area is 147 Å². The van der Waals surface area contributed by atoms with Gasteiger partial charge < -0.3 is 10.5 Å². The maximum atomic E-state index is 11.4. The average molecular weight is 350 g/mol. The number of nitrogen functional groups attached to an aromatic ring is 1. The fourth-order valence-electron chi connectivity index (χ4n) is 2.54. The van der Waals surface area contributed by atoms with Crippen LogP contribution in [0.15, 0.2) is 30.3 Å². The van der Waals surface area contributed by atoms with Gasteiger partial charge in [-0.05, 0) is 31.0 Å². The first-order valence-electron chi connectivity index (χ1n) is 8.10. The molecule has 1 aromatic carbocycles. The number of halogens is 1. The number of carbonyl (C=O) groups excluding carboxylic acids is 1. The summed E-state index contributed by atoms with van der Waals surface area (Å²) in [6, 6.07) is 9.63. The molecule has 0 aliphatic carbocycles. The summed E-state index contributed by atoms with van der Waals surface area (Å²) in [5.74, 6) is 0.404. The zero-order valence-corrected chi connectivity index (χ0v) is 15.1. The van der Waals surface area contributed by atoms with E-state index < -0.39 is 0 Å². The molecule has 0 bridgehead atoms. The molecule has 130 valence electrons. The van der Waals surface area contributed by atoms with Crippen molar-refractivity contribution in [3.05, 3.63) is 46.6 Å². The molecule has 2 N–H and O–H groups in total. The molecule has 1 heterocycles. The second kappa shape index (κ2) is 7.71. The highest BCUT2D eigenvalue weighted by atomic mass is 35.5. The van der Waals surface area contributed by atoms with Crippen molar-refractivity contribution < 1.29 is 9.53 Å². The molecule has 0 atom stereocenters. The minimum Gasteiger partial charge on any atom is -0.466 e. The molecule has 0 saturated heterocycles. The van der Waals surface area contributed by atoms with Gasteiger partial charge in [0.05, 0.1) is 12.3 Å². The van der Waals surface area contributed by atoms with Gasteiger partial charge in [-0.25, -0.2) is 4.68 Å². The quantitative estimate of drug-likeness (QED) is 0.772. The summed E-state index contributed by atoms with van der Waals surface area (Å²) in [4.78, 5) is 11.4. The lowest BCUT2D eigenvalue weighted by Crippen LogP contribution is -2.20. The van der Waals surface area contributed by atoms with E-state index in [-0.39, 0.29) is 11.4 Å². The number of aromatic nitrogens is 2. The van der Waals surface area contributed by atoms with Crippen LogP contribution in [-0.2, 0) is 21.5 Å². The number of aryl methyl sites for hydroxylation is 1. The minimum absolute atomic E-state index is 0.190. The number of carbonyl (C=O) groups is 1. The van der Waals surface area contributed by atoms with Crippen LogP contribution in [0.3, 0.4) is 0 Å². The zero-order valence-electron chi connectivity index (χ0n) is 14.4. The van der Waals surface area contributed by atoms with Crippen molar-refractivity contribution in [3.8, 4) is 0 Å². The Bertz CT molecular complexity index is 693. The van der Waals surface area contributed by atoms with Gasteiger partial charge in [0.15, 0.2) is 0 Å². The van der Waals surface area contributed by atoms with Gasteiger partial charge >= 0.3 is 5.97 Å². The predicted molar refractivity (Wildman–Crippen MR) is 96.1 cm³/mol. The van der Waals surface area contributed by atoms with E-state index in [9.17, 15) is 4.79 Å². The molecule has 0 radical (unpaired) electrons. The molecule has 2 rings (SSSR count). The van der Waals surface area contributed by atoms with Gasteiger partial charge in [0.2, 0.25) is 0 Å². The van der Waals surface area contributed by atoms with Crippen molar-refractivity contribution in [2.24, 2.45) is 0 Å². The van der Waals surface area contributed by atoms with E-state index in [2.05, 4.69) is 18.9 Å². The number of benzene rings is 1. The Balaban J connectivity index is 2.09. The first kappa shape index (κ1) is 18.3. The fraction of sp³-hybridized carbons (Fsp3) is 0.444. The first-order valence-corrected chi connectivity index (χ1v) is 8.48. The van der Waals surface area contributed by atoms with Gasteiger partial charge in [-0.2, -0.15) is 5.10 Å². The van der Waals surface area contributed by atoms with Gasteiger partial charge in [-0.1, -0.05) is 37.6 Å². The predicted octanol–water partition coefficient (Wildman–Crippen LogP) is 3.79. The topological polar surface area (TPSA) is 70.1 Å². The van der Waals surface area contributed by atoms with E-state index in [1.54, 1.807) is 11.6 Å². The summed E-state index contributed by atoms with van der Waals surface area (Å²) in [6.45, 7) is 6.99. The van der Waals surface area contributed by atoms with Crippen molar-refractivity contribution in [2.75, 3.05) is 12.3 Å². The van der Waals surface area contributed by atoms with Crippen LogP contribution >= 0.6 is 11.6 Å². The Morgan fingerprint density at radius 3 is 2.62 bits per heavy atom. The summed E-state index contributed by atoms with van der Waals surface area (Å²) < 4.78 is 6.67. The number of nitrogens with two attached hydrogens (primary N) is 1. The summed E-state index contributed by atoms with van der Waals surface area (Å²) in [7, 11) is 0. The van der Waals surface area contributed by atoms with E-state index in [1.807, 2.05) is 30.3 Å². The third kappa shape index (κ3) is 4.29. The maximum absolute atomic E-state index is 11.4. The third-order valence-corrected chi connectivity index (χ3v) is 4.33. The second-order valence-corrected chi connectivity index (χ2v) is 6.65. The van der Waals surface area contributed by atoms with Crippen molar-refractivity contribution >= 4 is 23.4 Å². The van der Waals surface area contributed by atoms with Crippen LogP contribution in [0.4, 0.5) is 5.82 Å². The van der Waals surface area contributed by atoms with E-state index in [0.717, 1.165) is 11.3 Å². The summed E-state index contributed by atoms with van der Waals surface area (Å²) in [5, 5.41) is 5.34. The van der Waals surface area contributed by atoms with Gasteiger partial charge in [-0.3, -0.25) is 4.79 Å². The van der Waals surface area contributed by atoms with E-state index in [4.69, 9.17) is 22.1 Å². The molecule has 1 aromatic heterocycles. The average Bonchev–Trinajstić information content (AvgIpc) is 2.90. The highest BCUT2D eigenvalue weighted by Crippen LogP contribution is 2.32. The lowest BCUT2D eigenvalue weighted by Gasteiger charge is -2.23. The second-order valence-electron chi connectivity index (χ2n) is 6.22. The number of rotatable bonds is 7. The van der Waals surface area contributed by atoms with Crippen LogP contribution in [0.25, 0.3) is 0 Å². The number of nitrogens with zero attached hydrogens (tertiary/aromatic N) is 2. The molecular weight excluding hydrogens is 326 g/mol. The molecule has 0 unspecified atom stereocenters. The third-order valence-electron chi connectivity index (χ3n) is 4.07. The van der Waals surface area contributed by atoms with Crippen LogP contribution in [0.5, 0.6) is 0 Å². The minimum atomic E-state index is -0.287. The summed E-state index contributed by atoms with van der Waals surface area (Å²) in [5.41, 5.74) is 7.79. The van der Waals surface area contributed by atoms with Crippen LogP contribution in [0.1, 0.15) is 44.9 Å². The molecule has 0 aliphatic heterocycles. The lowest BCUT2D eigenvalue weighted by molar-refractivity contribution is -0.143. The monoisotopic (exact) mass is 349 g/mol. The molecule has 0 spiro atoms. The Hall–Kier alpha value is -2.01. The number of esters is 1. The fourth-order valence-corrected chi connectivity index (χ4v) is 2.66. The Morgan fingerprint density at radius 2 is 2.00 bits per heavy atom. The molecule has 6 heteroatoms. The maximum Gasteiger partial charge on any atom is 0.305 e. The van der Waals surface area contributed by atoms with E-state index in [1.165, 1.54) is 0 Å². The Morgan fingerprint density at radius 1 is 1.33 bits per heavy atom. The molecule has 0 saturated carbocycles. The molecule has 2 aromatic rings. The van der Waals surface area contributed by atoms with Crippen LogP contribution in [0, 0.1) is 0 Å². The first-order chi connectivity index (χ1) is 11.3. The molecule has 0 amide bonds.